The topological polar surface area (TPSA) is 64.3 Å². The van der Waals surface area contributed by atoms with Crippen molar-refractivity contribution in [2.75, 3.05) is 18.2 Å². The number of nitrogens with two attached hydrogens (primary N) is 1. The van der Waals surface area contributed by atoms with Crippen LogP contribution in [0, 0.1) is 0 Å². The molecule has 20 heavy (non-hydrogen) atoms. The third-order valence-electron chi connectivity index (χ3n) is 2.67. The maximum atomic E-state index is 12.1. The van der Waals surface area contributed by atoms with E-state index in [0.717, 1.165) is 0 Å². The molecule has 0 spiro atoms. The van der Waals surface area contributed by atoms with Gasteiger partial charge in [-0.15, -0.1) is 0 Å². The molecule has 0 aromatic heterocycles. The number of amides is 1. The second kappa shape index (κ2) is 6.03. The molecule has 0 radical (unpaired) electrons. The van der Waals surface area contributed by atoms with E-state index in [-0.39, 0.29) is 21.6 Å². The monoisotopic (exact) mass is 310 g/mol. The molecule has 4 nitrogen and oxygen atoms in total. The molecule has 3 N–H and O–H groups in total. The van der Waals surface area contributed by atoms with Crippen LogP contribution in [0.2, 0.25) is 10.0 Å². The fourth-order valence-electron chi connectivity index (χ4n) is 1.62. The third-order valence-corrected chi connectivity index (χ3v) is 3.48. The summed E-state index contributed by atoms with van der Waals surface area (Å²) in [6.45, 7) is 0. The van der Waals surface area contributed by atoms with E-state index in [0.29, 0.717) is 17.0 Å². The second-order valence-electron chi connectivity index (χ2n) is 4.04. The zero-order chi connectivity index (χ0) is 14.7. The van der Waals surface area contributed by atoms with Gasteiger partial charge in [-0.3, -0.25) is 4.79 Å². The maximum absolute atomic E-state index is 12.1. The normalized spacial score (nSPS) is 10.2. The Kier molecular flexibility index (Phi) is 4.37. The first-order valence-corrected chi connectivity index (χ1v) is 6.47. The molecule has 104 valence electrons. The van der Waals surface area contributed by atoms with E-state index in [2.05, 4.69) is 5.32 Å². The van der Waals surface area contributed by atoms with Gasteiger partial charge < -0.3 is 15.8 Å². The van der Waals surface area contributed by atoms with E-state index in [1.54, 1.807) is 31.4 Å². The molecule has 0 aliphatic carbocycles. The number of ether oxygens (including phenoxy) is 1. The molecule has 1 amide bonds. The van der Waals surface area contributed by atoms with Gasteiger partial charge in [-0.1, -0.05) is 23.2 Å². The van der Waals surface area contributed by atoms with Crippen molar-refractivity contribution >= 4 is 40.5 Å². The zero-order valence-corrected chi connectivity index (χ0v) is 12.1. The van der Waals surface area contributed by atoms with Crippen LogP contribution in [0.5, 0.6) is 5.75 Å². The number of anilines is 2. The van der Waals surface area contributed by atoms with Crippen LogP contribution >= 0.6 is 23.2 Å². The summed E-state index contributed by atoms with van der Waals surface area (Å²) >= 11 is 11.7. The molecule has 0 saturated carbocycles. The van der Waals surface area contributed by atoms with E-state index in [9.17, 15) is 4.79 Å². The van der Waals surface area contributed by atoms with Gasteiger partial charge in [0, 0.05) is 11.3 Å². The van der Waals surface area contributed by atoms with Crippen LogP contribution in [0.3, 0.4) is 0 Å². The Bertz CT molecular complexity index is 619. The number of hydrogen-bond acceptors (Lipinski definition) is 3. The highest BCUT2D eigenvalue weighted by Crippen LogP contribution is 2.29. The SMILES string of the molecule is COc1ccc(NC(=O)c2cc(N)c(Cl)c(Cl)c2)cc1. The molecule has 0 aliphatic rings. The van der Waals surface area contributed by atoms with E-state index >= 15 is 0 Å². The minimum Gasteiger partial charge on any atom is -0.497 e. The summed E-state index contributed by atoms with van der Waals surface area (Å²) < 4.78 is 5.04. The van der Waals surface area contributed by atoms with Crippen LogP contribution in [-0.4, -0.2) is 13.0 Å². The first-order valence-electron chi connectivity index (χ1n) is 5.71. The van der Waals surface area contributed by atoms with Crippen LogP contribution < -0.4 is 15.8 Å². The van der Waals surface area contributed by atoms with Gasteiger partial charge in [0.1, 0.15) is 5.75 Å². The molecule has 0 aliphatic heterocycles. The van der Waals surface area contributed by atoms with Crippen molar-refractivity contribution < 1.29 is 9.53 Å². The lowest BCUT2D eigenvalue weighted by Gasteiger charge is -2.08. The second-order valence-corrected chi connectivity index (χ2v) is 4.83. The van der Waals surface area contributed by atoms with Crippen molar-refractivity contribution in [2.24, 2.45) is 0 Å². The number of benzene rings is 2. The summed E-state index contributed by atoms with van der Waals surface area (Å²) in [7, 11) is 1.58. The fraction of sp³-hybridized carbons (Fsp3) is 0.0714. The van der Waals surface area contributed by atoms with Gasteiger partial charge >= 0.3 is 0 Å². The number of nitrogens with one attached hydrogen (secondary N) is 1. The van der Waals surface area contributed by atoms with Crippen molar-refractivity contribution in [1.29, 1.82) is 0 Å². The van der Waals surface area contributed by atoms with Crippen molar-refractivity contribution in [3.63, 3.8) is 0 Å². The Hall–Kier alpha value is -1.91. The van der Waals surface area contributed by atoms with Gasteiger partial charge in [0.25, 0.3) is 5.91 Å². The molecule has 0 bridgehead atoms. The van der Waals surface area contributed by atoms with Gasteiger partial charge in [-0.2, -0.15) is 0 Å². The average Bonchev–Trinajstić information content (AvgIpc) is 2.45. The number of rotatable bonds is 3. The predicted octanol–water partition coefficient (Wildman–Crippen LogP) is 3.84. The number of carbonyl (C=O) groups excluding carboxylic acids is 1. The third kappa shape index (κ3) is 3.15. The largest absolute Gasteiger partial charge is 0.497 e. The van der Waals surface area contributed by atoms with Crippen LogP contribution in [0.4, 0.5) is 11.4 Å². The summed E-state index contributed by atoms with van der Waals surface area (Å²) in [5, 5.41) is 3.22. The minimum atomic E-state index is -0.319. The lowest BCUT2D eigenvalue weighted by atomic mass is 10.2. The van der Waals surface area contributed by atoms with E-state index in [1.807, 2.05) is 0 Å². The summed E-state index contributed by atoms with van der Waals surface area (Å²) in [5.74, 6) is 0.391. The van der Waals surface area contributed by atoms with Gasteiger partial charge in [-0.05, 0) is 36.4 Å². The molecule has 2 rings (SSSR count). The van der Waals surface area contributed by atoms with E-state index in [4.69, 9.17) is 33.7 Å². The molecule has 0 unspecified atom stereocenters. The molecule has 6 heteroatoms. The Morgan fingerprint density at radius 2 is 1.85 bits per heavy atom. The number of halogens is 2. The van der Waals surface area contributed by atoms with Crippen LogP contribution in [0.1, 0.15) is 10.4 Å². The van der Waals surface area contributed by atoms with Crippen molar-refractivity contribution in [2.45, 2.75) is 0 Å². The number of methoxy groups -OCH3 is 1. The number of nitrogen functional groups attached to an aromatic ring is 1. The highest BCUT2D eigenvalue weighted by molar-refractivity contribution is 6.44. The summed E-state index contributed by atoms with van der Waals surface area (Å²) in [4.78, 5) is 12.1. The number of hydrogen-bond donors (Lipinski definition) is 2. The van der Waals surface area contributed by atoms with Gasteiger partial charge in [0.15, 0.2) is 0 Å². The lowest BCUT2D eigenvalue weighted by molar-refractivity contribution is 0.102. The highest BCUT2D eigenvalue weighted by Gasteiger charge is 2.11. The van der Waals surface area contributed by atoms with E-state index < -0.39 is 0 Å². The van der Waals surface area contributed by atoms with Gasteiger partial charge in [0.05, 0.1) is 22.8 Å². The molecule has 2 aromatic rings. The first-order chi connectivity index (χ1) is 9.51. The van der Waals surface area contributed by atoms with Crippen LogP contribution in [0.15, 0.2) is 36.4 Å². The highest BCUT2D eigenvalue weighted by atomic mass is 35.5. The molecular formula is C14H12Cl2N2O2. The summed E-state index contributed by atoms with van der Waals surface area (Å²) in [6.07, 6.45) is 0. The first kappa shape index (κ1) is 14.5. The zero-order valence-electron chi connectivity index (χ0n) is 10.6. The lowest BCUT2D eigenvalue weighted by Crippen LogP contribution is -2.12. The molecule has 0 fully saturated rings. The summed E-state index contributed by atoms with van der Waals surface area (Å²) in [5.41, 5.74) is 6.92. The van der Waals surface area contributed by atoms with Gasteiger partial charge in [-0.25, -0.2) is 0 Å². The smallest absolute Gasteiger partial charge is 0.255 e. The van der Waals surface area contributed by atoms with Crippen LogP contribution in [0.25, 0.3) is 0 Å². The Balaban J connectivity index is 2.19. The van der Waals surface area contributed by atoms with Gasteiger partial charge in [0.2, 0.25) is 0 Å². The Labute approximate surface area is 126 Å². The summed E-state index contributed by atoms with van der Waals surface area (Å²) in [6, 6.07) is 9.92. The molecule has 0 saturated heterocycles. The standard InChI is InChI=1S/C14H12Cl2N2O2/c1-20-10-4-2-9(3-5-10)18-14(19)8-6-11(15)13(16)12(17)7-8/h2-7H,17H2,1H3,(H,18,19). The molecular weight excluding hydrogens is 299 g/mol. The fourth-order valence-corrected chi connectivity index (χ4v) is 1.95. The van der Waals surface area contributed by atoms with Crippen molar-refractivity contribution in [3.05, 3.63) is 52.0 Å². The number of carbonyl (C=O) groups is 1. The van der Waals surface area contributed by atoms with Crippen molar-refractivity contribution in [1.82, 2.24) is 0 Å². The quantitative estimate of drug-likeness (QED) is 0.847. The predicted molar refractivity (Wildman–Crippen MR) is 81.8 cm³/mol. The molecule has 0 heterocycles. The van der Waals surface area contributed by atoms with Crippen LogP contribution in [-0.2, 0) is 0 Å². The Morgan fingerprint density at radius 1 is 1.20 bits per heavy atom. The van der Waals surface area contributed by atoms with E-state index in [1.165, 1.54) is 12.1 Å². The average molecular weight is 311 g/mol. The van der Waals surface area contributed by atoms with Crippen molar-refractivity contribution in [3.8, 4) is 5.75 Å². The maximum Gasteiger partial charge on any atom is 0.255 e. The minimum absolute atomic E-state index is 0.242. The molecule has 2 aromatic carbocycles. The Morgan fingerprint density at radius 3 is 2.40 bits per heavy atom. The molecule has 0 atom stereocenters.